The Hall–Kier alpha value is -3.81. The molecule has 3 fully saturated rings. The fourth-order valence-corrected chi connectivity index (χ4v) is 7.01. The quantitative estimate of drug-likeness (QED) is 0.263. The third-order valence-corrected chi connectivity index (χ3v) is 9.49. The zero-order valence-electron chi connectivity index (χ0n) is 24.2. The first kappa shape index (κ1) is 26.1. The number of amides is 1. The van der Waals surface area contributed by atoms with Crippen LogP contribution in [0.5, 0.6) is 5.75 Å². The smallest absolute Gasteiger partial charge is 0.339 e. The van der Waals surface area contributed by atoms with Crippen molar-refractivity contribution in [2.24, 2.45) is 11.8 Å². The number of rotatable bonds is 7. The molecule has 3 aliphatic rings. The summed E-state index contributed by atoms with van der Waals surface area (Å²) in [4.78, 5) is 27.6. The summed E-state index contributed by atoms with van der Waals surface area (Å²) in [7, 11) is 2.99. The minimum atomic E-state index is -0.427. The second kappa shape index (κ2) is 10.2. The number of carbonyl (C=O) groups excluding carboxylic acids is 2. The van der Waals surface area contributed by atoms with Gasteiger partial charge in [0.25, 0.3) is 0 Å². The van der Waals surface area contributed by atoms with Crippen LogP contribution in [0.3, 0.4) is 0 Å². The molecule has 1 saturated heterocycles. The van der Waals surface area contributed by atoms with Crippen molar-refractivity contribution in [1.29, 1.82) is 0 Å². The zero-order valence-corrected chi connectivity index (χ0v) is 24.2. The van der Waals surface area contributed by atoms with Crippen molar-refractivity contribution >= 4 is 28.3 Å². The SMILES string of the molecule is COC(=O)c1cc(OC)c2c(C)c(-c3cc4cccc(C5CN(C(=O)C6CCCCC6)C5)c4n3CC3CC3)nn2c1. The van der Waals surface area contributed by atoms with E-state index in [1.807, 2.05) is 0 Å². The Labute approximate surface area is 240 Å². The van der Waals surface area contributed by atoms with Gasteiger partial charge in [-0.2, -0.15) is 5.10 Å². The van der Waals surface area contributed by atoms with Crippen molar-refractivity contribution in [2.45, 2.75) is 64.3 Å². The number of aromatic nitrogens is 3. The summed E-state index contributed by atoms with van der Waals surface area (Å²) in [5, 5.41) is 6.21. The molecule has 1 amide bonds. The molecule has 4 heterocycles. The molecule has 3 aromatic heterocycles. The van der Waals surface area contributed by atoms with E-state index in [0.717, 1.165) is 54.9 Å². The molecule has 8 heteroatoms. The van der Waals surface area contributed by atoms with Crippen LogP contribution in [0.2, 0.25) is 0 Å². The van der Waals surface area contributed by atoms with E-state index in [0.29, 0.717) is 29.1 Å². The molecule has 0 unspecified atom stereocenters. The number of para-hydroxylation sites is 1. The summed E-state index contributed by atoms with van der Waals surface area (Å²) < 4.78 is 14.9. The summed E-state index contributed by atoms with van der Waals surface area (Å²) in [6.45, 7) is 4.63. The number of benzene rings is 1. The van der Waals surface area contributed by atoms with Gasteiger partial charge >= 0.3 is 5.97 Å². The number of carbonyl (C=O) groups is 2. The Morgan fingerprint density at radius 1 is 1.00 bits per heavy atom. The van der Waals surface area contributed by atoms with Crippen molar-refractivity contribution in [1.82, 2.24) is 19.1 Å². The highest BCUT2D eigenvalue weighted by atomic mass is 16.5. The maximum atomic E-state index is 13.2. The Balaban J connectivity index is 1.29. The van der Waals surface area contributed by atoms with E-state index >= 15 is 0 Å². The largest absolute Gasteiger partial charge is 0.494 e. The van der Waals surface area contributed by atoms with Gasteiger partial charge in [-0.3, -0.25) is 4.79 Å². The molecule has 1 aromatic carbocycles. The highest BCUT2D eigenvalue weighted by Gasteiger charge is 2.37. The molecule has 4 aromatic rings. The normalized spacial score (nSPS) is 18.2. The van der Waals surface area contributed by atoms with Crippen LogP contribution in [0.4, 0.5) is 0 Å². The summed E-state index contributed by atoms with van der Waals surface area (Å²) in [6, 6.07) is 10.6. The number of esters is 1. The lowest BCUT2D eigenvalue weighted by Gasteiger charge is -2.42. The molecule has 41 heavy (non-hydrogen) atoms. The molecule has 0 radical (unpaired) electrons. The van der Waals surface area contributed by atoms with Gasteiger partial charge in [-0.15, -0.1) is 0 Å². The molecule has 0 spiro atoms. The number of likely N-dealkylation sites (tertiary alicyclic amines) is 1. The lowest BCUT2D eigenvalue weighted by Crippen LogP contribution is -2.51. The van der Waals surface area contributed by atoms with E-state index in [4.69, 9.17) is 14.6 Å². The van der Waals surface area contributed by atoms with Gasteiger partial charge in [0.1, 0.15) is 17.0 Å². The third-order valence-electron chi connectivity index (χ3n) is 9.49. The molecule has 8 nitrogen and oxygen atoms in total. The van der Waals surface area contributed by atoms with Crippen molar-refractivity contribution in [3.8, 4) is 17.1 Å². The number of nitrogens with zero attached hydrogens (tertiary/aromatic N) is 4. The Bertz CT molecular complexity index is 1650. The van der Waals surface area contributed by atoms with Gasteiger partial charge in [0, 0.05) is 48.6 Å². The maximum absolute atomic E-state index is 13.2. The number of ether oxygens (including phenoxy) is 2. The average molecular weight is 555 g/mol. The van der Waals surface area contributed by atoms with Gasteiger partial charge in [-0.1, -0.05) is 37.5 Å². The maximum Gasteiger partial charge on any atom is 0.339 e. The van der Waals surface area contributed by atoms with E-state index in [1.165, 1.54) is 55.7 Å². The fraction of sp³-hybridized carbons (Fsp3) is 0.485. The van der Waals surface area contributed by atoms with Crippen LogP contribution < -0.4 is 4.74 Å². The van der Waals surface area contributed by atoms with Crippen LogP contribution in [0, 0.1) is 18.8 Å². The van der Waals surface area contributed by atoms with Gasteiger partial charge < -0.3 is 18.9 Å². The van der Waals surface area contributed by atoms with Crippen LogP contribution in [0.15, 0.2) is 36.5 Å². The van der Waals surface area contributed by atoms with Gasteiger partial charge in [0.2, 0.25) is 5.91 Å². The number of aryl methyl sites for hydroxylation is 1. The third kappa shape index (κ3) is 4.48. The van der Waals surface area contributed by atoms with Gasteiger partial charge in [0.05, 0.1) is 31.0 Å². The van der Waals surface area contributed by atoms with Gasteiger partial charge in [-0.05, 0) is 56.2 Å². The van der Waals surface area contributed by atoms with Crippen molar-refractivity contribution in [3.05, 3.63) is 53.2 Å². The van der Waals surface area contributed by atoms with E-state index < -0.39 is 5.97 Å². The minimum absolute atomic E-state index is 0.223. The molecule has 1 aliphatic heterocycles. The number of methoxy groups -OCH3 is 2. The van der Waals surface area contributed by atoms with Crippen LogP contribution in [0.1, 0.15) is 72.3 Å². The van der Waals surface area contributed by atoms with E-state index in [9.17, 15) is 9.59 Å². The predicted octanol–water partition coefficient (Wildman–Crippen LogP) is 5.98. The summed E-state index contributed by atoms with van der Waals surface area (Å²) in [5.41, 5.74) is 6.80. The highest BCUT2D eigenvalue weighted by Crippen LogP contribution is 2.42. The second-order valence-corrected chi connectivity index (χ2v) is 12.2. The molecule has 0 bridgehead atoms. The highest BCUT2D eigenvalue weighted by molar-refractivity contribution is 5.93. The molecule has 7 rings (SSSR count). The molecular weight excluding hydrogens is 516 g/mol. The van der Waals surface area contributed by atoms with Crippen LogP contribution in [0.25, 0.3) is 27.8 Å². The molecule has 0 atom stereocenters. The number of fused-ring (bicyclic) bond motifs is 2. The zero-order chi connectivity index (χ0) is 28.2. The van der Waals surface area contributed by atoms with Crippen LogP contribution in [-0.2, 0) is 16.1 Å². The Morgan fingerprint density at radius 2 is 1.78 bits per heavy atom. The fourth-order valence-electron chi connectivity index (χ4n) is 7.01. The lowest BCUT2D eigenvalue weighted by molar-refractivity contribution is -0.141. The molecule has 2 saturated carbocycles. The van der Waals surface area contributed by atoms with E-state index in [1.54, 1.807) is 23.9 Å². The van der Waals surface area contributed by atoms with Gasteiger partial charge in [0.15, 0.2) is 0 Å². The first-order valence-corrected chi connectivity index (χ1v) is 15.0. The van der Waals surface area contributed by atoms with Crippen molar-refractivity contribution in [2.75, 3.05) is 27.3 Å². The summed E-state index contributed by atoms with van der Waals surface area (Å²) >= 11 is 0. The predicted molar refractivity (Wildman–Crippen MR) is 157 cm³/mol. The van der Waals surface area contributed by atoms with Crippen LogP contribution in [-0.4, -0.2) is 58.3 Å². The van der Waals surface area contributed by atoms with E-state index in [-0.39, 0.29) is 5.92 Å². The number of pyridine rings is 1. The Morgan fingerprint density at radius 3 is 2.49 bits per heavy atom. The topological polar surface area (TPSA) is 78.1 Å². The summed E-state index contributed by atoms with van der Waals surface area (Å²) in [6.07, 6.45) is 9.93. The Kier molecular flexibility index (Phi) is 6.51. The first-order valence-electron chi connectivity index (χ1n) is 15.0. The molecular formula is C33H38N4O4. The number of hydrogen-bond donors (Lipinski definition) is 0. The monoisotopic (exact) mass is 554 g/mol. The average Bonchev–Trinajstić information content (AvgIpc) is 3.64. The van der Waals surface area contributed by atoms with Gasteiger partial charge in [-0.25, -0.2) is 9.31 Å². The van der Waals surface area contributed by atoms with E-state index in [2.05, 4.69) is 40.7 Å². The second-order valence-electron chi connectivity index (χ2n) is 12.2. The van der Waals surface area contributed by atoms with Crippen LogP contribution >= 0.6 is 0 Å². The number of hydrogen-bond acceptors (Lipinski definition) is 5. The first-order chi connectivity index (χ1) is 20.0. The molecule has 0 N–H and O–H groups in total. The molecule has 2 aliphatic carbocycles. The lowest BCUT2D eigenvalue weighted by atomic mass is 9.84. The van der Waals surface area contributed by atoms with Crippen molar-refractivity contribution < 1.29 is 19.1 Å². The minimum Gasteiger partial charge on any atom is -0.494 e. The molecule has 214 valence electrons. The van der Waals surface area contributed by atoms with Crippen molar-refractivity contribution in [3.63, 3.8) is 0 Å². The summed E-state index contributed by atoms with van der Waals surface area (Å²) in [5.74, 6) is 1.76. The standard InChI is InChI=1S/C33H38N4O4/c1-20-29(34-37-19-24(33(39)41-3)15-28(40-2)30(20)37)27-14-23-10-7-11-26(31(23)36(27)16-21-12-13-21)25-17-35(18-25)32(38)22-8-5-4-6-9-22/h7,10-11,14-15,19,21-22,25H,4-6,8-9,12-13,16-18H2,1-3H3.